The van der Waals surface area contributed by atoms with Crippen molar-refractivity contribution in [2.45, 2.75) is 52.5 Å². The van der Waals surface area contributed by atoms with Gasteiger partial charge in [0.2, 0.25) is 0 Å². The van der Waals surface area contributed by atoms with Gasteiger partial charge in [-0.2, -0.15) is 0 Å². The molecule has 0 rings (SSSR count). The Morgan fingerprint density at radius 2 is 1.76 bits per heavy atom. The molecule has 0 aromatic rings. The molecular formula is C12H24N2O3. The van der Waals surface area contributed by atoms with E-state index in [-0.39, 0.29) is 12.5 Å². The number of carbonyl (C=O) groups excluding carboxylic acids is 1. The van der Waals surface area contributed by atoms with Crippen molar-refractivity contribution in [2.75, 3.05) is 6.54 Å². The lowest BCUT2D eigenvalue weighted by Gasteiger charge is -2.25. The molecule has 5 nitrogen and oxygen atoms in total. The van der Waals surface area contributed by atoms with Crippen LogP contribution in [-0.4, -0.2) is 29.2 Å². The van der Waals surface area contributed by atoms with Gasteiger partial charge in [0.1, 0.15) is 0 Å². The highest BCUT2D eigenvalue weighted by Gasteiger charge is 2.23. The molecule has 0 radical (unpaired) electrons. The van der Waals surface area contributed by atoms with Crippen molar-refractivity contribution in [1.29, 1.82) is 0 Å². The van der Waals surface area contributed by atoms with Crippen molar-refractivity contribution in [3.63, 3.8) is 0 Å². The number of carboxylic acid groups (broad SMARTS) is 1. The van der Waals surface area contributed by atoms with Crippen LogP contribution in [0, 0.1) is 5.92 Å². The number of amides is 2. The smallest absolute Gasteiger partial charge is 0.315 e. The number of aliphatic carboxylic acids is 1. The van der Waals surface area contributed by atoms with E-state index in [4.69, 9.17) is 5.11 Å². The molecule has 17 heavy (non-hydrogen) atoms. The van der Waals surface area contributed by atoms with Crippen LogP contribution in [0.2, 0.25) is 0 Å². The average molecular weight is 244 g/mol. The Morgan fingerprint density at radius 1 is 1.24 bits per heavy atom. The molecule has 0 aliphatic carbocycles. The van der Waals surface area contributed by atoms with E-state index < -0.39 is 11.5 Å². The molecule has 3 N–H and O–H groups in total. The Hall–Kier alpha value is -1.26. The zero-order valence-corrected chi connectivity index (χ0v) is 11.2. The second kappa shape index (κ2) is 7.14. The van der Waals surface area contributed by atoms with E-state index in [1.807, 2.05) is 0 Å². The van der Waals surface area contributed by atoms with Gasteiger partial charge in [-0.05, 0) is 19.8 Å². The van der Waals surface area contributed by atoms with Crippen molar-refractivity contribution in [3.05, 3.63) is 0 Å². The van der Waals surface area contributed by atoms with Gasteiger partial charge in [0, 0.05) is 12.1 Å². The molecular weight excluding hydrogens is 220 g/mol. The van der Waals surface area contributed by atoms with Crippen LogP contribution in [0.15, 0.2) is 0 Å². The number of carbonyl (C=O) groups is 2. The average Bonchev–Trinajstić information content (AvgIpc) is 2.16. The van der Waals surface area contributed by atoms with Gasteiger partial charge in [-0.3, -0.25) is 4.79 Å². The maximum absolute atomic E-state index is 11.6. The van der Waals surface area contributed by atoms with E-state index in [9.17, 15) is 9.59 Å². The molecule has 0 aromatic carbocycles. The first kappa shape index (κ1) is 15.7. The number of urea groups is 1. The first-order chi connectivity index (χ1) is 7.80. The van der Waals surface area contributed by atoms with E-state index >= 15 is 0 Å². The second-order valence-corrected chi connectivity index (χ2v) is 4.97. The monoisotopic (exact) mass is 244 g/mol. The fraction of sp³-hybridized carbons (Fsp3) is 0.833. The van der Waals surface area contributed by atoms with Crippen molar-refractivity contribution in [2.24, 2.45) is 5.92 Å². The van der Waals surface area contributed by atoms with Gasteiger partial charge in [0.25, 0.3) is 0 Å². The standard InChI is InChI=1S/C12H24N2O3/c1-5-9(6-2)8-13-11(17)14-12(3,4)7-10(15)16/h9H,5-8H2,1-4H3,(H,15,16)(H2,13,14,17). The Kier molecular flexibility index (Phi) is 6.61. The van der Waals surface area contributed by atoms with Gasteiger partial charge in [0.05, 0.1) is 6.42 Å². The van der Waals surface area contributed by atoms with Crippen molar-refractivity contribution in [3.8, 4) is 0 Å². The third kappa shape index (κ3) is 7.60. The lowest BCUT2D eigenvalue weighted by molar-refractivity contribution is -0.138. The molecule has 5 heteroatoms. The maximum atomic E-state index is 11.6. The third-order valence-electron chi connectivity index (χ3n) is 2.75. The van der Waals surface area contributed by atoms with E-state index in [1.54, 1.807) is 13.8 Å². The molecule has 100 valence electrons. The highest BCUT2D eigenvalue weighted by atomic mass is 16.4. The number of hydrogen-bond donors (Lipinski definition) is 3. The summed E-state index contributed by atoms with van der Waals surface area (Å²) in [6.07, 6.45) is 1.95. The van der Waals surface area contributed by atoms with Crippen LogP contribution in [0.5, 0.6) is 0 Å². The third-order valence-corrected chi connectivity index (χ3v) is 2.75. The van der Waals surface area contributed by atoms with Crippen LogP contribution < -0.4 is 10.6 Å². The Labute approximate surface area is 103 Å². The first-order valence-corrected chi connectivity index (χ1v) is 6.08. The van der Waals surface area contributed by atoms with Gasteiger partial charge >= 0.3 is 12.0 Å². The summed E-state index contributed by atoms with van der Waals surface area (Å²) in [7, 11) is 0. The summed E-state index contributed by atoms with van der Waals surface area (Å²) < 4.78 is 0. The van der Waals surface area contributed by atoms with Crippen molar-refractivity contribution >= 4 is 12.0 Å². The van der Waals surface area contributed by atoms with Gasteiger partial charge in [-0.1, -0.05) is 26.7 Å². The molecule has 0 atom stereocenters. The molecule has 0 fully saturated rings. The van der Waals surface area contributed by atoms with Crippen LogP contribution in [0.25, 0.3) is 0 Å². The largest absolute Gasteiger partial charge is 0.481 e. The number of rotatable bonds is 7. The topological polar surface area (TPSA) is 78.4 Å². The molecule has 0 aliphatic heterocycles. The van der Waals surface area contributed by atoms with Gasteiger partial charge < -0.3 is 15.7 Å². The van der Waals surface area contributed by atoms with Gasteiger partial charge in [0.15, 0.2) is 0 Å². The predicted octanol–water partition coefficient (Wildman–Crippen LogP) is 1.98. The Morgan fingerprint density at radius 3 is 2.18 bits per heavy atom. The van der Waals surface area contributed by atoms with E-state index in [2.05, 4.69) is 24.5 Å². The van der Waals surface area contributed by atoms with E-state index in [0.717, 1.165) is 12.8 Å². The van der Waals surface area contributed by atoms with Crippen LogP contribution in [0.3, 0.4) is 0 Å². The maximum Gasteiger partial charge on any atom is 0.315 e. The molecule has 0 bridgehead atoms. The zero-order chi connectivity index (χ0) is 13.5. The van der Waals surface area contributed by atoms with Crippen LogP contribution in [-0.2, 0) is 4.79 Å². The fourth-order valence-electron chi connectivity index (χ4n) is 1.59. The number of carboxylic acids is 1. The molecule has 0 spiro atoms. The zero-order valence-electron chi connectivity index (χ0n) is 11.2. The summed E-state index contributed by atoms with van der Waals surface area (Å²) in [6, 6.07) is -0.303. The molecule has 2 amide bonds. The summed E-state index contributed by atoms with van der Waals surface area (Å²) in [6.45, 7) is 8.18. The molecule has 0 saturated heterocycles. The molecule has 0 heterocycles. The SMILES string of the molecule is CCC(CC)CNC(=O)NC(C)(C)CC(=O)O. The van der Waals surface area contributed by atoms with Crippen molar-refractivity contribution < 1.29 is 14.7 Å². The predicted molar refractivity (Wildman–Crippen MR) is 66.9 cm³/mol. The molecule has 0 aliphatic rings. The van der Waals surface area contributed by atoms with E-state index in [0.29, 0.717) is 12.5 Å². The lowest BCUT2D eigenvalue weighted by Crippen LogP contribution is -2.50. The van der Waals surface area contributed by atoms with Crippen LogP contribution >= 0.6 is 0 Å². The summed E-state index contributed by atoms with van der Waals surface area (Å²) in [5.41, 5.74) is -0.732. The highest BCUT2D eigenvalue weighted by Crippen LogP contribution is 2.08. The fourth-order valence-corrected chi connectivity index (χ4v) is 1.59. The highest BCUT2D eigenvalue weighted by molar-refractivity contribution is 5.76. The summed E-state index contributed by atoms with van der Waals surface area (Å²) in [5, 5.41) is 14.1. The molecule has 0 unspecified atom stereocenters. The minimum atomic E-state index is -0.921. The van der Waals surface area contributed by atoms with Gasteiger partial charge in [-0.15, -0.1) is 0 Å². The minimum Gasteiger partial charge on any atom is -0.481 e. The quantitative estimate of drug-likeness (QED) is 0.640. The Bertz CT molecular complexity index is 260. The normalized spacial score (nSPS) is 11.4. The number of hydrogen-bond acceptors (Lipinski definition) is 2. The van der Waals surface area contributed by atoms with Crippen molar-refractivity contribution in [1.82, 2.24) is 10.6 Å². The molecule has 0 aromatic heterocycles. The van der Waals surface area contributed by atoms with Gasteiger partial charge in [-0.25, -0.2) is 4.79 Å². The number of nitrogens with one attached hydrogen (secondary N) is 2. The van der Waals surface area contributed by atoms with Crippen LogP contribution in [0.4, 0.5) is 4.79 Å². The van der Waals surface area contributed by atoms with E-state index in [1.165, 1.54) is 0 Å². The minimum absolute atomic E-state index is 0.0919. The summed E-state index contributed by atoms with van der Waals surface area (Å²) in [4.78, 5) is 22.1. The first-order valence-electron chi connectivity index (χ1n) is 6.08. The Balaban J connectivity index is 4.04. The molecule has 0 saturated carbocycles. The van der Waals surface area contributed by atoms with Crippen LogP contribution in [0.1, 0.15) is 47.0 Å². The second-order valence-electron chi connectivity index (χ2n) is 4.97. The summed E-state index contributed by atoms with van der Waals surface area (Å²) >= 11 is 0. The summed E-state index contributed by atoms with van der Waals surface area (Å²) in [5.74, 6) is -0.446. The lowest BCUT2D eigenvalue weighted by atomic mass is 10.0.